The molecule has 1 aliphatic rings. The van der Waals surface area contributed by atoms with E-state index in [1.165, 1.54) is 0 Å². The molecule has 0 fully saturated rings. The molecule has 0 spiro atoms. The summed E-state index contributed by atoms with van der Waals surface area (Å²) in [4.78, 5) is 0. The lowest BCUT2D eigenvalue weighted by Gasteiger charge is -2.19. The highest BCUT2D eigenvalue weighted by molar-refractivity contribution is 7.89. The van der Waals surface area contributed by atoms with Crippen molar-refractivity contribution in [1.29, 1.82) is 0 Å². The third kappa shape index (κ3) is 2.90. The van der Waals surface area contributed by atoms with Crippen LogP contribution in [0.25, 0.3) is 0 Å². The van der Waals surface area contributed by atoms with Crippen LogP contribution in [-0.2, 0) is 23.1 Å². The average Bonchev–Trinajstić information content (AvgIpc) is 2.89. The van der Waals surface area contributed by atoms with Crippen LogP contribution in [0.3, 0.4) is 0 Å². The van der Waals surface area contributed by atoms with Gasteiger partial charge in [0.05, 0.1) is 5.75 Å². The zero-order valence-corrected chi connectivity index (χ0v) is 13.3. The summed E-state index contributed by atoms with van der Waals surface area (Å²) in [5.41, 5.74) is 9.56. The van der Waals surface area contributed by atoms with Gasteiger partial charge in [-0.3, -0.25) is 0 Å². The first-order valence-electron chi connectivity index (χ1n) is 7.24. The van der Waals surface area contributed by atoms with Crippen molar-refractivity contribution in [3.63, 3.8) is 0 Å². The van der Waals surface area contributed by atoms with Gasteiger partial charge in [-0.2, -0.15) is 4.31 Å². The van der Waals surface area contributed by atoms with E-state index in [2.05, 4.69) is 19.9 Å². The predicted octanol–water partition coefficient (Wildman–Crippen LogP) is 2.40. The van der Waals surface area contributed by atoms with Gasteiger partial charge in [-0.15, -0.1) is 0 Å². The van der Waals surface area contributed by atoms with Gasteiger partial charge in [-0.05, 0) is 29.5 Å². The monoisotopic (exact) mass is 296 g/mol. The standard InChI is InChI=1S/C15H24N2O2S/c1-4-11(3)15(16)12-6-7-13-9-17(10-14(13)8-12)20(18,19)5-2/h6-8,11,15H,4-5,9-10,16H2,1-3H3. The first-order valence-corrected chi connectivity index (χ1v) is 8.85. The molecule has 2 N–H and O–H groups in total. The van der Waals surface area contributed by atoms with Gasteiger partial charge in [0.2, 0.25) is 10.0 Å². The van der Waals surface area contributed by atoms with Crippen molar-refractivity contribution in [3.8, 4) is 0 Å². The maximum Gasteiger partial charge on any atom is 0.214 e. The lowest BCUT2D eigenvalue weighted by atomic mass is 9.91. The summed E-state index contributed by atoms with van der Waals surface area (Å²) in [5.74, 6) is 0.574. The molecule has 5 heteroatoms. The third-order valence-electron chi connectivity index (χ3n) is 4.32. The topological polar surface area (TPSA) is 63.4 Å². The lowest BCUT2D eigenvalue weighted by Crippen LogP contribution is -2.26. The second-order valence-electron chi connectivity index (χ2n) is 5.61. The molecule has 0 aliphatic carbocycles. The van der Waals surface area contributed by atoms with E-state index in [1.54, 1.807) is 11.2 Å². The van der Waals surface area contributed by atoms with Crippen molar-refractivity contribution in [2.45, 2.75) is 46.3 Å². The van der Waals surface area contributed by atoms with Crippen molar-refractivity contribution >= 4 is 10.0 Å². The highest BCUT2D eigenvalue weighted by atomic mass is 32.2. The van der Waals surface area contributed by atoms with E-state index in [-0.39, 0.29) is 11.8 Å². The molecule has 4 nitrogen and oxygen atoms in total. The molecule has 1 heterocycles. The molecule has 2 atom stereocenters. The Morgan fingerprint density at radius 2 is 1.90 bits per heavy atom. The van der Waals surface area contributed by atoms with Crippen molar-refractivity contribution in [2.75, 3.05) is 5.75 Å². The zero-order valence-electron chi connectivity index (χ0n) is 12.5. The number of benzene rings is 1. The highest BCUT2D eigenvalue weighted by Gasteiger charge is 2.28. The normalized spacial score (nSPS) is 18.8. The van der Waals surface area contributed by atoms with Gasteiger partial charge in [-0.25, -0.2) is 8.42 Å². The lowest BCUT2D eigenvalue weighted by molar-refractivity contribution is 0.432. The maximum absolute atomic E-state index is 11.9. The molecule has 0 aromatic heterocycles. The molecule has 2 rings (SSSR count). The smallest absolute Gasteiger partial charge is 0.214 e. The van der Waals surface area contributed by atoms with Crippen molar-refractivity contribution in [2.24, 2.45) is 11.7 Å². The number of hydrogen-bond acceptors (Lipinski definition) is 3. The van der Waals surface area contributed by atoms with Gasteiger partial charge >= 0.3 is 0 Å². The Morgan fingerprint density at radius 1 is 1.25 bits per heavy atom. The number of nitrogens with two attached hydrogens (primary N) is 1. The van der Waals surface area contributed by atoms with Crippen LogP contribution >= 0.6 is 0 Å². The SMILES string of the molecule is CCC(C)C(N)c1ccc2c(c1)CN(S(=O)(=O)CC)C2. The Hall–Kier alpha value is -0.910. The fourth-order valence-corrected chi connectivity index (χ4v) is 3.59. The number of rotatable bonds is 5. The fourth-order valence-electron chi connectivity index (χ4n) is 2.55. The van der Waals surface area contributed by atoms with Crippen molar-refractivity contribution < 1.29 is 8.42 Å². The van der Waals surface area contributed by atoms with Gasteiger partial charge in [0, 0.05) is 19.1 Å². The Morgan fingerprint density at radius 3 is 2.50 bits per heavy atom. The van der Waals surface area contributed by atoms with E-state index in [0.29, 0.717) is 19.0 Å². The molecule has 1 aliphatic heterocycles. The molecule has 1 aromatic rings. The Bertz CT molecular complexity index is 584. The van der Waals surface area contributed by atoms with Gasteiger partial charge in [-0.1, -0.05) is 38.5 Å². The van der Waals surface area contributed by atoms with Crippen LogP contribution in [0.1, 0.15) is 49.9 Å². The van der Waals surface area contributed by atoms with E-state index in [0.717, 1.165) is 23.1 Å². The summed E-state index contributed by atoms with van der Waals surface area (Å²) in [6, 6.07) is 6.16. The summed E-state index contributed by atoms with van der Waals surface area (Å²) in [5, 5.41) is 0. The number of hydrogen-bond donors (Lipinski definition) is 1. The molecular formula is C15H24N2O2S. The first-order chi connectivity index (χ1) is 9.39. The Kier molecular flexibility index (Phi) is 4.52. The van der Waals surface area contributed by atoms with E-state index < -0.39 is 10.0 Å². The van der Waals surface area contributed by atoms with Crippen LogP contribution in [0.5, 0.6) is 0 Å². The first kappa shape index (κ1) is 15.5. The minimum absolute atomic E-state index is 0.0159. The quantitative estimate of drug-likeness (QED) is 0.907. The summed E-state index contributed by atoms with van der Waals surface area (Å²) in [7, 11) is -3.12. The molecule has 0 radical (unpaired) electrons. The number of nitrogens with zero attached hydrogens (tertiary/aromatic N) is 1. The molecule has 0 saturated heterocycles. The molecule has 112 valence electrons. The van der Waals surface area contributed by atoms with Gasteiger partial charge in [0.15, 0.2) is 0 Å². The van der Waals surface area contributed by atoms with E-state index in [4.69, 9.17) is 5.73 Å². The highest BCUT2D eigenvalue weighted by Crippen LogP contribution is 2.30. The minimum atomic E-state index is -3.12. The van der Waals surface area contributed by atoms with Crippen LogP contribution in [0.2, 0.25) is 0 Å². The molecule has 0 saturated carbocycles. The van der Waals surface area contributed by atoms with Crippen LogP contribution in [0.4, 0.5) is 0 Å². The molecule has 0 bridgehead atoms. The fraction of sp³-hybridized carbons (Fsp3) is 0.600. The van der Waals surface area contributed by atoms with Crippen LogP contribution in [0, 0.1) is 5.92 Å². The van der Waals surface area contributed by atoms with E-state index in [1.807, 2.05) is 12.1 Å². The number of fused-ring (bicyclic) bond motifs is 1. The molecule has 1 aromatic carbocycles. The van der Waals surface area contributed by atoms with Gasteiger partial charge < -0.3 is 5.73 Å². The van der Waals surface area contributed by atoms with Crippen LogP contribution < -0.4 is 5.73 Å². The summed E-state index contributed by atoms with van der Waals surface area (Å²) < 4.78 is 25.4. The Labute approximate surface area is 122 Å². The summed E-state index contributed by atoms with van der Waals surface area (Å²) >= 11 is 0. The minimum Gasteiger partial charge on any atom is -0.324 e. The van der Waals surface area contributed by atoms with E-state index in [9.17, 15) is 8.42 Å². The third-order valence-corrected chi connectivity index (χ3v) is 6.10. The maximum atomic E-state index is 11.9. The van der Waals surface area contributed by atoms with Crippen LogP contribution in [-0.4, -0.2) is 18.5 Å². The number of sulfonamides is 1. The molecule has 20 heavy (non-hydrogen) atoms. The molecular weight excluding hydrogens is 272 g/mol. The van der Waals surface area contributed by atoms with E-state index >= 15 is 0 Å². The Balaban J connectivity index is 2.23. The zero-order chi connectivity index (χ0) is 14.9. The van der Waals surface area contributed by atoms with Gasteiger partial charge in [0.25, 0.3) is 0 Å². The van der Waals surface area contributed by atoms with Crippen LogP contribution in [0.15, 0.2) is 18.2 Å². The van der Waals surface area contributed by atoms with Gasteiger partial charge in [0.1, 0.15) is 0 Å². The molecule has 2 unspecified atom stereocenters. The average molecular weight is 296 g/mol. The predicted molar refractivity (Wildman–Crippen MR) is 81.5 cm³/mol. The summed E-state index contributed by atoms with van der Waals surface area (Å²) in [6.07, 6.45) is 1.04. The van der Waals surface area contributed by atoms with Crippen molar-refractivity contribution in [3.05, 3.63) is 34.9 Å². The second-order valence-corrected chi connectivity index (χ2v) is 7.87. The largest absolute Gasteiger partial charge is 0.324 e. The molecule has 0 amide bonds. The second kappa shape index (κ2) is 5.84. The summed E-state index contributed by atoms with van der Waals surface area (Å²) in [6.45, 7) is 6.93. The van der Waals surface area contributed by atoms with Crippen molar-refractivity contribution in [1.82, 2.24) is 4.31 Å².